The number of aryl methyl sites for hydroxylation is 1. The molecule has 1 fully saturated rings. The summed E-state index contributed by atoms with van der Waals surface area (Å²) < 4.78 is 0. The molecule has 23 heavy (non-hydrogen) atoms. The molecule has 4 heteroatoms. The van der Waals surface area contributed by atoms with Crippen LogP contribution < -0.4 is 10.6 Å². The van der Waals surface area contributed by atoms with Gasteiger partial charge in [-0.1, -0.05) is 31.4 Å². The second-order valence-corrected chi connectivity index (χ2v) is 7.07. The number of anilines is 1. The predicted octanol–water partition coefficient (Wildman–Crippen LogP) is 3.31. The molecule has 1 saturated carbocycles. The van der Waals surface area contributed by atoms with Crippen LogP contribution in [0, 0.1) is 13.8 Å². The molecule has 0 spiro atoms. The second kappa shape index (κ2) is 7.93. The van der Waals surface area contributed by atoms with E-state index in [0.29, 0.717) is 13.0 Å². The van der Waals surface area contributed by atoms with Gasteiger partial charge in [0.2, 0.25) is 5.91 Å². The van der Waals surface area contributed by atoms with E-state index in [0.717, 1.165) is 36.9 Å². The van der Waals surface area contributed by atoms with Crippen molar-refractivity contribution >= 4 is 11.6 Å². The Balaban J connectivity index is 1.79. The zero-order chi connectivity index (χ0) is 16.9. The molecule has 0 aromatic heterocycles. The Morgan fingerprint density at radius 3 is 2.65 bits per heavy atom. The van der Waals surface area contributed by atoms with Crippen molar-refractivity contribution in [1.82, 2.24) is 5.32 Å². The number of carbonyl (C=O) groups excluding carboxylic acids is 1. The SMILES string of the molecule is Cc1cccc(NC(=O)CC(C)NCC2(O)CCCCC2)c1C. The van der Waals surface area contributed by atoms with Crippen molar-refractivity contribution in [3.8, 4) is 0 Å². The number of amides is 1. The van der Waals surface area contributed by atoms with Crippen molar-refractivity contribution in [2.24, 2.45) is 0 Å². The molecule has 0 saturated heterocycles. The minimum atomic E-state index is -0.587. The lowest BCUT2D eigenvalue weighted by molar-refractivity contribution is -0.116. The fraction of sp³-hybridized carbons (Fsp3) is 0.632. The molecule has 1 aliphatic carbocycles. The Morgan fingerprint density at radius 1 is 1.26 bits per heavy atom. The Morgan fingerprint density at radius 2 is 1.96 bits per heavy atom. The molecule has 1 aromatic carbocycles. The van der Waals surface area contributed by atoms with E-state index in [1.54, 1.807) is 0 Å². The van der Waals surface area contributed by atoms with Gasteiger partial charge in [-0.05, 0) is 50.8 Å². The summed E-state index contributed by atoms with van der Waals surface area (Å²) in [7, 11) is 0. The van der Waals surface area contributed by atoms with E-state index >= 15 is 0 Å². The Kier molecular flexibility index (Phi) is 6.19. The Bertz CT molecular complexity index is 536. The van der Waals surface area contributed by atoms with Crippen molar-refractivity contribution < 1.29 is 9.90 Å². The highest BCUT2D eigenvalue weighted by Crippen LogP contribution is 2.27. The lowest BCUT2D eigenvalue weighted by Crippen LogP contribution is -2.45. The highest BCUT2D eigenvalue weighted by molar-refractivity contribution is 5.92. The number of carbonyl (C=O) groups is 1. The lowest BCUT2D eigenvalue weighted by atomic mass is 9.85. The maximum Gasteiger partial charge on any atom is 0.225 e. The number of aliphatic hydroxyl groups is 1. The molecule has 1 aliphatic rings. The quantitative estimate of drug-likeness (QED) is 0.754. The molecule has 3 N–H and O–H groups in total. The van der Waals surface area contributed by atoms with E-state index in [-0.39, 0.29) is 11.9 Å². The van der Waals surface area contributed by atoms with E-state index in [9.17, 15) is 9.90 Å². The van der Waals surface area contributed by atoms with Gasteiger partial charge in [-0.3, -0.25) is 4.79 Å². The molecule has 2 rings (SSSR count). The molecular formula is C19H30N2O2. The van der Waals surface area contributed by atoms with Crippen LogP contribution in [-0.4, -0.2) is 29.2 Å². The molecule has 0 aliphatic heterocycles. The van der Waals surface area contributed by atoms with E-state index in [4.69, 9.17) is 0 Å². The number of nitrogens with one attached hydrogen (secondary N) is 2. The normalized spacial score (nSPS) is 18.4. The molecule has 0 radical (unpaired) electrons. The molecule has 1 atom stereocenters. The van der Waals surface area contributed by atoms with Crippen molar-refractivity contribution in [3.63, 3.8) is 0 Å². The fourth-order valence-electron chi connectivity index (χ4n) is 3.19. The van der Waals surface area contributed by atoms with E-state index < -0.39 is 5.60 Å². The number of benzene rings is 1. The number of rotatable bonds is 6. The summed E-state index contributed by atoms with van der Waals surface area (Å²) in [6, 6.07) is 5.98. The van der Waals surface area contributed by atoms with Gasteiger partial charge in [0.15, 0.2) is 0 Å². The molecular weight excluding hydrogens is 288 g/mol. The van der Waals surface area contributed by atoms with Gasteiger partial charge in [0, 0.05) is 24.7 Å². The lowest BCUT2D eigenvalue weighted by Gasteiger charge is -2.33. The Labute approximate surface area is 139 Å². The molecule has 128 valence electrons. The second-order valence-electron chi connectivity index (χ2n) is 7.07. The van der Waals surface area contributed by atoms with Gasteiger partial charge < -0.3 is 15.7 Å². The summed E-state index contributed by atoms with van der Waals surface area (Å²) in [5, 5.41) is 16.8. The summed E-state index contributed by atoms with van der Waals surface area (Å²) in [5.41, 5.74) is 2.58. The van der Waals surface area contributed by atoms with Gasteiger partial charge in [-0.15, -0.1) is 0 Å². The van der Waals surface area contributed by atoms with Crippen LogP contribution in [-0.2, 0) is 4.79 Å². The van der Waals surface area contributed by atoms with Crippen molar-refractivity contribution in [2.45, 2.75) is 70.9 Å². The van der Waals surface area contributed by atoms with Crippen LogP contribution in [0.3, 0.4) is 0 Å². The maximum absolute atomic E-state index is 12.2. The maximum atomic E-state index is 12.2. The predicted molar refractivity (Wildman–Crippen MR) is 94.7 cm³/mol. The molecule has 0 bridgehead atoms. The summed E-state index contributed by atoms with van der Waals surface area (Å²) in [6.45, 7) is 6.63. The number of hydrogen-bond donors (Lipinski definition) is 3. The van der Waals surface area contributed by atoms with Crippen LogP contribution >= 0.6 is 0 Å². The third-order valence-electron chi connectivity index (χ3n) is 4.93. The number of hydrogen-bond acceptors (Lipinski definition) is 3. The van der Waals surface area contributed by atoms with Crippen molar-refractivity contribution in [2.75, 3.05) is 11.9 Å². The van der Waals surface area contributed by atoms with E-state index in [2.05, 4.69) is 10.6 Å². The average molecular weight is 318 g/mol. The first-order valence-electron chi connectivity index (χ1n) is 8.71. The third-order valence-corrected chi connectivity index (χ3v) is 4.93. The molecule has 4 nitrogen and oxygen atoms in total. The Hall–Kier alpha value is -1.39. The standard InChI is InChI=1S/C19H30N2O2/c1-14-8-7-9-17(16(14)3)21-18(22)12-15(2)20-13-19(23)10-5-4-6-11-19/h7-9,15,20,23H,4-6,10-13H2,1-3H3,(H,21,22). The molecule has 1 unspecified atom stereocenters. The highest BCUT2D eigenvalue weighted by Gasteiger charge is 2.29. The monoisotopic (exact) mass is 318 g/mol. The molecule has 1 amide bonds. The molecule has 1 aromatic rings. The third kappa shape index (κ3) is 5.33. The van der Waals surface area contributed by atoms with Gasteiger partial charge in [-0.25, -0.2) is 0 Å². The van der Waals surface area contributed by atoms with Crippen molar-refractivity contribution in [3.05, 3.63) is 29.3 Å². The van der Waals surface area contributed by atoms with Gasteiger partial charge >= 0.3 is 0 Å². The minimum absolute atomic E-state index is 0.00864. The largest absolute Gasteiger partial charge is 0.389 e. The van der Waals surface area contributed by atoms with Crippen molar-refractivity contribution in [1.29, 1.82) is 0 Å². The van der Waals surface area contributed by atoms with Crippen LogP contribution in [0.25, 0.3) is 0 Å². The van der Waals surface area contributed by atoms with Crippen LogP contribution in [0.5, 0.6) is 0 Å². The van der Waals surface area contributed by atoms with Gasteiger partial charge in [-0.2, -0.15) is 0 Å². The summed E-state index contributed by atoms with van der Waals surface area (Å²) >= 11 is 0. The minimum Gasteiger partial charge on any atom is -0.389 e. The first kappa shape index (κ1) is 18.0. The zero-order valence-corrected chi connectivity index (χ0v) is 14.6. The van der Waals surface area contributed by atoms with Crippen LogP contribution in [0.1, 0.15) is 56.6 Å². The summed E-state index contributed by atoms with van der Waals surface area (Å²) in [4.78, 5) is 12.2. The zero-order valence-electron chi connectivity index (χ0n) is 14.6. The van der Waals surface area contributed by atoms with Gasteiger partial charge in [0.1, 0.15) is 0 Å². The first-order chi connectivity index (χ1) is 10.9. The fourth-order valence-corrected chi connectivity index (χ4v) is 3.19. The summed E-state index contributed by atoms with van der Waals surface area (Å²) in [5.74, 6) is 0.00864. The topological polar surface area (TPSA) is 61.4 Å². The first-order valence-corrected chi connectivity index (χ1v) is 8.71. The van der Waals surface area contributed by atoms with Crippen LogP contribution in [0.4, 0.5) is 5.69 Å². The van der Waals surface area contributed by atoms with Gasteiger partial charge in [0.25, 0.3) is 0 Å². The average Bonchev–Trinajstić information content (AvgIpc) is 2.51. The van der Waals surface area contributed by atoms with E-state index in [1.165, 1.54) is 12.0 Å². The molecule has 0 heterocycles. The van der Waals surface area contributed by atoms with E-state index in [1.807, 2.05) is 39.0 Å². The van der Waals surface area contributed by atoms with Crippen LogP contribution in [0.2, 0.25) is 0 Å². The van der Waals surface area contributed by atoms with Gasteiger partial charge in [0.05, 0.1) is 5.60 Å². The highest BCUT2D eigenvalue weighted by atomic mass is 16.3. The smallest absolute Gasteiger partial charge is 0.225 e. The summed E-state index contributed by atoms with van der Waals surface area (Å²) in [6.07, 6.45) is 5.54. The van der Waals surface area contributed by atoms with Crippen LogP contribution in [0.15, 0.2) is 18.2 Å².